The molecular weight excluding hydrogens is 294 g/mol. The van der Waals surface area contributed by atoms with Crippen LogP contribution in [0.5, 0.6) is 0 Å². The normalized spacial score (nSPS) is 11.6. The van der Waals surface area contributed by atoms with Gasteiger partial charge in [0.1, 0.15) is 0 Å². The maximum absolute atomic E-state index is 11.1. The molecule has 0 unspecified atom stereocenters. The molecule has 16 heavy (non-hydrogen) atoms. The average Bonchev–Trinajstić information content (AvgIpc) is 2.25. The summed E-state index contributed by atoms with van der Waals surface area (Å²) >= 11 is 3.32. The van der Waals surface area contributed by atoms with Crippen molar-refractivity contribution in [2.75, 3.05) is 19.3 Å². The van der Waals surface area contributed by atoms with Crippen molar-refractivity contribution in [1.82, 2.24) is 15.0 Å². The van der Waals surface area contributed by atoms with E-state index in [1.165, 1.54) is 7.05 Å². The number of halogens is 1. The van der Waals surface area contributed by atoms with Gasteiger partial charge in [0.2, 0.25) is 10.0 Å². The standard InChI is InChI=1S/C9H14BrN3O2S/c1-11-16(14,15)3-2-12-5-8-4-9(10)7-13-6-8/h4,6-7,11-12H,2-3,5H2,1H3. The third-order valence-corrected chi connectivity index (χ3v) is 3.75. The Morgan fingerprint density at radius 2 is 2.19 bits per heavy atom. The Morgan fingerprint density at radius 1 is 1.44 bits per heavy atom. The van der Waals surface area contributed by atoms with E-state index in [9.17, 15) is 8.42 Å². The van der Waals surface area contributed by atoms with Gasteiger partial charge in [0, 0.05) is 30.0 Å². The van der Waals surface area contributed by atoms with Gasteiger partial charge in [0.15, 0.2) is 0 Å². The summed E-state index contributed by atoms with van der Waals surface area (Å²) in [6, 6.07) is 1.94. The van der Waals surface area contributed by atoms with E-state index >= 15 is 0 Å². The average molecular weight is 308 g/mol. The fraction of sp³-hybridized carbons (Fsp3) is 0.444. The van der Waals surface area contributed by atoms with Crippen molar-refractivity contribution >= 4 is 26.0 Å². The number of rotatable bonds is 6. The van der Waals surface area contributed by atoms with Crippen molar-refractivity contribution in [3.8, 4) is 0 Å². The lowest BCUT2D eigenvalue weighted by Crippen LogP contribution is -2.29. The summed E-state index contributed by atoms with van der Waals surface area (Å²) in [6.45, 7) is 1.02. The molecule has 1 aromatic rings. The molecule has 1 aromatic heterocycles. The fourth-order valence-electron chi connectivity index (χ4n) is 1.09. The van der Waals surface area contributed by atoms with Gasteiger partial charge < -0.3 is 5.32 Å². The van der Waals surface area contributed by atoms with Gasteiger partial charge in [-0.05, 0) is 34.6 Å². The maximum Gasteiger partial charge on any atom is 0.212 e. The molecule has 7 heteroatoms. The second kappa shape index (κ2) is 6.29. The molecule has 0 spiro atoms. The summed E-state index contributed by atoms with van der Waals surface area (Å²) in [5.41, 5.74) is 1.01. The van der Waals surface area contributed by atoms with Crippen LogP contribution in [0.2, 0.25) is 0 Å². The highest BCUT2D eigenvalue weighted by Crippen LogP contribution is 2.08. The van der Waals surface area contributed by atoms with Crippen molar-refractivity contribution in [3.63, 3.8) is 0 Å². The van der Waals surface area contributed by atoms with E-state index in [4.69, 9.17) is 0 Å². The minimum atomic E-state index is -3.12. The van der Waals surface area contributed by atoms with Crippen molar-refractivity contribution in [2.45, 2.75) is 6.54 Å². The van der Waals surface area contributed by atoms with Gasteiger partial charge in [-0.15, -0.1) is 0 Å². The van der Waals surface area contributed by atoms with Crippen LogP contribution in [0.4, 0.5) is 0 Å². The number of nitrogens with zero attached hydrogens (tertiary/aromatic N) is 1. The quantitative estimate of drug-likeness (QED) is 0.750. The lowest BCUT2D eigenvalue weighted by Gasteiger charge is -2.05. The second-order valence-electron chi connectivity index (χ2n) is 3.21. The van der Waals surface area contributed by atoms with Gasteiger partial charge in [-0.1, -0.05) is 0 Å². The summed E-state index contributed by atoms with van der Waals surface area (Å²) < 4.78 is 25.4. The van der Waals surface area contributed by atoms with E-state index in [0.29, 0.717) is 13.1 Å². The van der Waals surface area contributed by atoms with Crippen LogP contribution in [0.3, 0.4) is 0 Å². The molecule has 0 atom stereocenters. The highest BCUT2D eigenvalue weighted by molar-refractivity contribution is 9.10. The van der Waals surface area contributed by atoms with Gasteiger partial charge in [-0.3, -0.25) is 4.98 Å². The Kier molecular flexibility index (Phi) is 5.33. The molecule has 0 aromatic carbocycles. The molecule has 2 N–H and O–H groups in total. The zero-order valence-electron chi connectivity index (χ0n) is 8.90. The number of sulfonamides is 1. The number of aromatic nitrogens is 1. The van der Waals surface area contributed by atoms with Crippen molar-refractivity contribution < 1.29 is 8.42 Å². The Bertz CT molecular complexity index is 436. The molecule has 0 amide bonds. The summed E-state index contributed by atoms with van der Waals surface area (Å²) in [6.07, 6.45) is 3.44. The largest absolute Gasteiger partial charge is 0.312 e. The molecule has 0 aliphatic heterocycles. The zero-order valence-corrected chi connectivity index (χ0v) is 11.3. The van der Waals surface area contributed by atoms with Crippen LogP contribution < -0.4 is 10.0 Å². The van der Waals surface area contributed by atoms with Gasteiger partial charge >= 0.3 is 0 Å². The molecule has 0 aliphatic rings. The highest BCUT2D eigenvalue weighted by atomic mass is 79.9. The monoisotopic (exact) mass is 307 g/mol. The summed E-state index contributed by atoms with van der Waals surface area (Å²) in [5, 5.41) is 3.04. The molecule has 1 heterocycles. The molecule has 0 saturated carbocycles. The number of hydrogen-bond donors (Lipinski definition) is 2. The highest BCUT2D eigenvalue weighted by Gasteiger charge is 2.05. The van der Waals surface area contributed by atoms with Crippen LogP contribution in [0, 0.1) is 0 Å². The zero-order chi connectivity index (χ0) is 12.0. The number of nitrogens with one attached hydrogen (secondary N) is 2. The Morgan fingerprint density at radius 3 is 2.81 bits per heavy atom. The van der Waals surface area contributed by atoms with Crippen LogP contribution in [0.1, 0.15) is 5.56 Å². The molecule has 0 aliphatic carbocycles. The van der Waals surface area contributed by atoms with Gasteiger partial charge in [0.25, 0.3) is 0 Å². The third-order valence-electron chi connectivity index (χ3n) is 1.95. The summed E-state index contributed by atoms with van der Waals surface area (Å²) in [7, 11) is -1.71. The van der Waals surface area contributed by atoms with Crippen LogP contribution >= 0.6 is 15.9 Å². The second-order valence-corrected chi connectivity index (χ2v) is 6.17. The minimum Gasteiger partial charge on any atom is -0.312 e. The Balaban J connectivity index is 2.32. The van der Waals surface area contributed by atoms with Crippen molar-refractivity contribution in [3.05, 3.63) is 28.5 Å². The SMILES string of the molecule is CNS(=O)(=O)CCNCc1cncc(Br)c1. The molecule has 0 radical (unpaired) electrons. The summed E-state index contributed by atoms with van der Waals surface area (Å²) in [4.78, 5) is 4.01. The molecular formula is C9H14BrN3O2S. The van der Waals surface area contributed by atoms with E-state index < -0.39 is 10.0 Å². The van der Waals surface area contributed by atoms with Crippen LogP contribution in [-0.4, -0.2) is 32.7 Å². The molecule has 0 saturated heterocycles. The Hall–Kier alpha value is -0.500. The van der Waals surface area contributed by atoms with E-state index in [2.05, 4.69) is 31.0 Å². The van der Waals surface area contributed by atoms with Crippen molar-refractivity contribution in [1.29, 1.82) is 0 Å². The van der Waals surface area contributed by atoms with E-state index in [1.54, 1.807) is 12.4 Å². The molecule has 5 nitrogen and oxygen atoms in total. The topological polar surface area (TPSA) is 71.1 Å². The lowest BCUT2D eigenvalue weighted by atomic mass is 10.3. The molecule has 90 valence electrons. The van der Waals surface area contributed by atoms with Crippen LogP contribution in [0.15, 0.2) is 22.9 Å². The van der Waals surface area contributed by atoms with Gasteiger partial charge in [-0.2, -0.15) is 0 Å². The first-order chi connectivity index (χ1) is 7.53. The van der Waals surface area contributed by atoms with Crippen LogP contribution in [0.25, 0.3) is 0 Å². The first kappa shape index (κ1) is 13.6. The van der Waals surface area contributed by atoms with Gasteiger partial charge in [0.05, 0.1) is 5.75 Å². The number of pyridine rings is 1. The van der Waals surface area contributed by atoms with E-state index in [0.717, 1.165) is 10.0 Å². The lowest BCUT2D eigenvalue weighted by molar-refractivity contribution is 0.583. The maximum atomic E-state index is 11.1. The predicted molar refractivity (Wildman–Crippen MR) is 66.5 cm³/mol. The predicted octanol–water partition coefficient (Wildman–Crippen LogP) is 0.483. The van der Waals surface area contributed by atoms with E-state index in [1.807, 2.05) is 6.07 Å². The van der Waals surface area contributed by atoms with Gasteiger partial charge in [-0.25, -0.2) is 13.1 Å². The van der Waals surface area contributed by atoms with E-state index in [-0.39, 0.29) is 5.75 Å². The smallest absolute Gasteiger partial charge is 0.212 e. The third kappa shape index (κ3) is 5.02. The summed E-state index contributed by atoms with van der Waals surface area (Å²) in [5.74, 6) is 0.0743. The minimum absolute atomic E-state index is 0.0743. The fourth-order valence-corrected chi connectivity index (χ4v) is 2.12. The first-order valence-electron chi connectivity index (χ1n) is 4.75. The molecule has 0 fully saturated rings. The molecule has 0 bridgehead atoms. The molecule has 1 rings (SSSR count). The number of hydrogen-bond acceptors (Lipinski definition) is 4. The van der Waals surface area contributed by atoms with Crippen LogP contribution in [-0.2, 0) is 16.6 Å². The first-order valence-corrected chi connectivity index (χ1v) is 7.19. The van der Waals surface area contributed by atoms with Crippen molar-refractivity contribution in [2.24, 2.45) is 0 Å². The Labute approximate surface area is 104 Å².